The maximum atomic E-state index is 12.2. The number of nitrogens with zero attached hydrogens (tertiary/aromatic N) is 2. The third-order valence-corrected chi connectivity index (χ3v) is 4.41. The van der Waals surface area contributed by atoms with Crippen LogP contribution < -0.4 is 5.32 Å². The van der Waals surface area contributed by atoms with E-state index in [-0.39, 0.29) is 5.91 Å². The van der Waals surface area contributed by atoms with Gasteiger partial charge in [-0.3, -0.25) is 15.0 Å². The molecule has 2 heterocycles. The van der Waals surface area contributed by atoms with Crippen molar-refractivity contribution in [2.24, 2.45) is 0 Å². The highest BCUT2D eigenvalue weighted by molar-refractivity contribution is 5.91. The standard InChI is InChI=1S/C18H23N3O2/c1-13-6-8-15(9-7-13)16-11-18(23-20-16)19-17(22)12-21-10-4-3-5-14(21)2/h6-9,11,14H,3-5,10,12H2,1-2H3,(H,19,22)/t14-/m0/s1. The van der Waals surface area contributed by atoms with Crippen molar-refractivity contribution in [1.82, 2.24) is 10.1 Å². The summed E-state index contributed by atoms with van der Waals surface area (Å²) in [5.74, 6) is 0.348. The lowest BCUT2D eigenvalue weighted by Gasteiger charge is -2.32. The zero-order valence-corrected chi connectivity index (χ0v) is 13.7. The Morgan fingerprint density at radius 1 is 1.35 bits per heavy atom. The summed E-state index contributed by atoms with van der Waals surface area (Å²) < 4.78 is 5.24. The van der Waals surface area contributed by atoms with Crippen LogP contribution in [0.4, 0.5) is 5.88 Å². The Kier molecular flexibility index (Phi) is 4.76. The number of likely N-dealkylation sites (tertiary alicyclic amines) is 1. The molecule has 0 unspecified atom stereocenters. The summed E-state index contributed by atoms with van der Waals surface area (Å²) in [4.78, 5) is 14.4. The van der Waals surface area contributed by atoms with E-state index in [1.165, 1.54) is 12.0 Å². The summed E-state index contributed by atoms with van der Waals surface area (Å²) in [6.45, 7) is 5.61. The Morgan fingerprint density at radius 2 is 2.13 bits per heavy atom. The van der Waals surface area contributed by atoms with E-state index < -0.39 is 0 Å². The first-order valence-corrected chi connectivity index (χ1v) is 8.19. The monoisotopic (exact) mass is 313 g/mol. The minimum Gasteiger partial charge on any atom is -0.338 e. The Bertz CT molecular complexity index is 663. The van der Waals surface area contributed by atoms with Gasteiger partial charge in [0.2, 0.25) is 11.8 Å². The zero-order valence-electron chi connectivity index (χ0n) is 13.7. The smallest absolute Gasteiger partial charge is 0.240 e. The quantitative estimate of drug-likeness (QED) is 0.939. The fraction of sp³-hybridized carbons (Fsp3) is 0.444. The molecule has 1 atom stereocenters. The molecule has 23 heavy (non-hydrogen) atoms. The van der Waals surface area contributed by atoms with Crippen molar-refractivity contribution in [3.05, 3.63) is 35.9 Å². The number of hydrogen-bond acceptors (Lipinski definition) is 4. The van der Waals surface area contributed by atoms with E-state index in [0.29, 0.717) is 18.5 Å². The van der Waals surface area contributed by atoms with Crippen molar-refractivity contribution in [3.63, 3.8) is 0 Å². The molecule has 0 saturated carbocycles. The maximum Gasteiger partial charge on any atom is 0.240 e. The number of nitrogens with one attached hydrogen (secondary N) is 1. The van der Waals surface area contributed by atoms with Gasteiger partial charge in [-0.25, -0.2) is 0 Å². The first-order valence-electron chi connectivity index (χ1n) is 8.19. The van der Waals surface area contributed by atoms with Crippen LogP contribution in [0.15, 0.2) is 34.9 Å². The molecule has 2 aromatic rings. The molecule has 1 N–H and O–H groups in total. The summed E-state index contributed by atoms with van der Waals surface area (Å²) in [5, 5.41) is 6.83. The number of carbonyl (C=O) groups is 1. The van der Waals surface area contributed by atoms with Crippen LogP contribution in [0.1, 0.15) is 31.7 Å². The van der Waals surface area contributed by atoms with E-state index in [9.17, 15) is 4.79 Å². The molecule has 0 aliphatic carbocycles. The fourth-order valence-corrected chi connectivity index (χ4v) is 2.95. The molecule has 1 saturated heterocycles. The highest BCUT2D eigenvalue weighted by Crippen LogP contribution is 2.22. The second-order valence-electron chi connectivity index (χ2n) is 6.31. The van der Waals surface area contributed by atoms with Crippen molar-refractivity contribution in [1.29, 1.82) is 0 Å². The van der Waals surface area contributed by atoms with Gasteiger partial charge in [-0.15, -0.1) is 0 Å². The Balaban J connectivity index is 1.60. The van der Waals surface area contributed by atoms with E-state index in [2.05, 4.69) is 22.3 Å². The topological polar surface area (TPSA) is 58.4 Å². The average molecular weight is 313 g/mol. The third kappa shape index (κ3) is 3.99. The predicted octanol–water partition coefficient (Wildman–Crippen LogP) is 3.46. The first-order chi connectivity index (χ1) is 11.1. The minimum atomic E-state index is -0.0506. The number of carbonyl (C=O) groups excluding carboxylic acids is 1. The minimum absolute atomic E-state index is 0.0506. The number of rotatable bonds is 4. The van der Waals surface area contributed by atoms with Crippen LogP contribution >= 0.6 is 0 Å². The summed E-state index contributed by atoms with van der Waals surface area (Å²) in [7, 11) is 0. The number of aryl methyl sites for hydroxylation is 1. The van der Waals surface area contributed by atoms with Crippen LogP contribution in [0, 0.1) is 6.92 Å². The van der Waals surface area contributed by atoms with Gasteiger partial charge in [0.15, 0.2) is 0 Å². The summed E-state index contributed by atoms with van der Waals surface area (Å²) in [5.41, 5.74) is 2.90. The van der Waals surface area contributed by atoms with Gasteiger partial charge in [-0.05, 0) is 33.2 Å². The number of benzene rings is 1. The third-order valence-electron chi connectivity index (χ3n) is 4.41. The average Bonchev–Trinajstić information content (AvgIpc) is 2.98. The van der Waals surface area contributed by atoms with E-state index in [1.807, 2.05) is 31.2 Å². The molecule has 1 aliphatic heterocycles. The molecule has 5 heteroatoms. The molecule has 3 rings (SSSR count). The molecule has 0 radical (unpaired) electrons. The molecular formula is C18H23N3O2. The number of aromatic nitrogens is 1. The number of piperidine rings is 1. The van der Waals surface area contributed by atoms with Gasteiger partial charge in [0.1, 0.15) is 5.69 Å². The second kappa shape index (κ2) is 6.96. The van der Waals surface area contributed by atoms with Crippen LogP contribution in [0.25, 0.3) is 11.3 Å². The Labute approximate surface area is 136 Å². The second-order valence-corrected chi connectivity index (χ2v) is 6.31. The SMILES string of the molecule is Cc1ccc(-c2cc(NC(=O)CN3CCCC[C@@H]3C)on2)cc1. The molecular weight excluding hydrogens is 290 g/mol. The Hall–Kier alpha value is -2.14. The van der Waals surface area contributed by atoms with Crippen molar-refractivity contribution >= 4 is 11.8 Å². The molecule has 0 spiro atoms. The molecule has 1 amide bonds. The van der Waals surface area contributed by atoms with Crippen LogP contribution in [-0.4, -0.2) is 35.1 Å². The van der Waals surface area contributed by atoms with Crippen LogP contribution in [0.2, 0.25) is 0 Å². The fourth-order valence-electron chi connectivity index (χ4n) is 2.95. The van der Waals surface area contributed by atoms with Crippen molar-refractivity contribution in [3.8, 4) is 11.3 Å². The lowest BCUT2D eigenvalue weighted by Crippen LogP contribution is -2.42. The van der Waals surface area contributed by atoms with E-state index in [0.717, 1.165) is 30.6 Å². The number of hydrogen-bond donors (Lipinski definition) is 1. The predicted molar refractivity (Wildman–Crippen MR) is 90.2 cm³/mol. The van der Waals surface area contributed by atoms with Crippen molar-refractivity contribution in [2.75, 3.05) is 18.4 Å². The molecule has 1 aromatic heterocycles. The van der Waals surface area contributed by atoms with Crippen LogP contribution in [0.5, 0.6) is 0 Å². The van der Waals surface area contributed by atoms with Crippen molar-refractivity contribution in [2.45, 2.75) is 39.2 Å². The lowest BCUT2D eigenvalue weighted by molar-refractivity contribution is -0.118. The van der Waals surface area contributed by atoms with Crippen LogP contribution in [-0.2, 0) is 4.79 Å². The van der Waals surface area contributed by atoms with Crippen molar-refractivity contribution < 1.29 is 9.32 Å². The molecule has 122 valence electrons. The van der Waals surface area contributed by atoms with E-state index in [4.69, 9.17) is 4.52 Å². The van der Waals surface area contributed by atoms with Gasteiger partial charge in [0.05, 0.1) is 6.54 Å². The summed E-state index contributed by atoms with van der Waals surface area (Å²) >= 11 is 0. The molecule has 1 aliphatic rings. The highest BCUT2D eigenvalue weighted by atomic mass is 16.5. The van der Waals surface area contributed by atoms with Gasteiger partial charge < -0.3 is 4.52 Å². The zero-order chi connectivity index (χ0) is 16.2. The summed E-state index contributed by atoms with van der Waals surface area (Å²) in [6, 6.07) is 10.3. The lowest BCUT2D eigenvalue weighted by atomic mass is 10.0. The van der Waals surface area contributed by atoms with Gasteiger partial charge >= 0.3 is 0 Å². The molecule has 5 nitrogen and oxygen atoms in total. The summed E-state index contributed by atoms with van der Waals surface area (Å²) in [6.07, 6.45) is 3.58. The van der Waals surface area contributed by atoms with Gasteiger partial charge in [-0.1, -0.05) is 41.4 Å². The molecule has 1 fully saturated rings. The highest BCUT2D eigenvalue weighted by Gasteiger charge is 2.21. The van der Waals surface area contributed by atoms with E-state index in [1.54, 1.807) is 6.07 Å². The number of anilines is 1. The first kappa shape index (κ1) is 15.7. The molecule has 0 bridgehead atoms. The number of amides is 1. The Morgan fingerprint density at radius 3 is 2.87 bits per heavy atom. The van der Waals surface area contributed by atoms with Gasteiger partial charge in [-0.2, -0.15) is 0 Å². The van der Waals surface area contributed by atoms with Gasteiger partial charge in [0.25, 0.3) is 0 Å². The molecule has 1 aromatic carbocycles. The van der Waals surface area contributed by atoms with E-state index >= 15 is 0 Å². The largest absolute Gasteiger partial charge is 0.338 e. The normalized spacial score (nSPS) is 18.8. The van der Waals surface area contributed by atoms with Gasteiger partial charge in [0, 0.05) is 17.7 Å². The maximum absolute atomic E-state index is 12.2. The van der Waals surface area contributed by atoms with Crippen LogP contribution in [0.3, 0.4) is 0 Å².